The van der Waals surface area contributed by atoms with Gasteiger partial charge in [0.05, 0.1) is 6.61 Å². The van der Waals surface area contributed by atoms with Crippen molar-refractivity contribution in [3.63, 3.8) is 0 Å². The monoisotopic (exact) mass is 283 g/mol. The first kappa shape index (κ1) is 12.8. The van der Waals surface area contributed by atoms with Crippen LogP contribution in [0.15, 0.2) is 36.4 Å². The minimum Gasteiger partial charge on any atom is -0.493 e. The molecule has 0 fully saturated rings. The second-order valence-corrected chi connectivity index (χ2v) is 5.86. The predicted octanol–water partition coefficient (Wildman–Crippen LogP) is 3.54. The zero-order valence-corrected chi connectivity index (χ0v) is 11.9. The Bertz CT molecular complexity index is 683. The van der Waals surface area contributed by atoms with E-state index in [0.717, 1.165) is 43.7 Å². The van der Waals surface area contributed by atoms with Gasteiger partial charge in [0, 0.05) is 19.0 Å². The Labute approximate surface area is 123 Å². The first-order valence-corrected chi connectivity index (χ1v) is 7.56. The highest BCUT2D eigenvalue weighted by atomic mass is 19.1. The van der Waals surface area contributed by atoms with Crippen molar-refractivity contribution in [1.82, 2.24) is 5.32 Å². The summed E-state index contributed by atoms with van der Waals surface area (Å²) in [5.41, 5.74) is 4.99. The smallest absolute Gasteiger partial charge is 0.123 e. The Morgan fingerprint density at radius 1 is 1.10 bits per heavy atom. The van der Waals surface area contributed by atoms with Crippen molar-refractivity contribution in [2.24, 2.45) is 0 Å². The van der Waals surface area contributed by atoms with Crippen LogP contribution in [0.25, 0.3) is 0 Å². The molecule has 0 radical (unpaired) electrons. The molecule has 0 aromatic heterocycles. The van der Waals surface area contributed by atoms with Gasteiger partial charge >= 0.3 is 0 Å². The Morgan fingerprint density at radius 3 is 3.00 bits per heavy atom. The topological polar surface area (TPSA) is 21.3 Å². The van der Waals surface area contributed by atoms with E-state index >= 15 is 0 Å². The van der Waals surface area contributed by atoms with E-state index in [1.165, 1.54) is 16.7 Å². The summed E-state index contributed by atoms with van der Waals surface area (Å²) >= 11 is 0. The maximum absolute atomic E-state index is 13.2. The van der Waals surface area contributed by atoms with Gasteiger partial charge in [0.1, 0.15) is 11.6 Å². The molecule has 1 aliphatic carbocycles. The van der Waals surface area contributed by atoms with Gasteiger partial charge in [-0.1, -0.05) is 18.2 Å². The highest BCUT2D eigenvalue weighted by Crippen LogP contribution is 2.32. The van der Waals surface area contributed by atoms with Gasteiger partial charge in [0.25, 0.3) is 0 Å². The van der Waals surface area contributed by atoms with Crippen molar-refractivity contribution in [3.05, 3.63) is 64.5 Å². The van der Waals surface area contributed by atoms with Crippen LogP contribution in [0.4, 0.5) is 4.39 Å². The first-order valence-electron chi connectivity index (χ1n) is 7.56. The van der Waals surface area contributed by atoms with Crippen LogP contribution in [-0.2, 0) is 19.4 Å². The summed E-state index contributed by atoms with van der Waals surface area (Å²) in [6.07, 6.45) is 3.02. The number of ether oxygens (including phenoxy) is 1. The van der Waals surface area contributed by atoms with Gasteiger partial charge in [-0.05, 0) is 53.3 Å². The molecule has 4 rings (SSSR count). The third kappa shape index (κ3) is 2.42. The summed E-state index contributed by atoms with van der Waals surface area (Å²) in [5.74, 6) is 0.897. The van der Waals surface area contributed by atoms with E-state index in [2.05, 4.69) is 23.5 Å². The minimum absolute atomic E-state index is 0.131. The molecule has 2 nitrogen and oxygen atoms in total. The third-order valence-electron chi connectivity index (χ3n) is 4.49. The number of fused-ring (bicyclic) bond motifs is 2. The number of rotatable bonds is 3. The SMILES string of the molecule is Fc1ccc2c(c1)CCC2NCc1ccc2c(c1)CCO2. The third-order valence-corrected chi connectivity index (χ3v) is 4.49. The predicted molar refractivity (Wildman–Crippen MR) is 79.9 cm³/mol. The average molecular weight is 283 g/mol. The lowest BCUT2D eigenvalue weighted by Gasteiger charge is -2.14. The fourth-order valence-electron chi connectivity index (χ4n) is 3.39. The van der Waals surface area contributed by atoms with Crippen molar-refractivity contribution < 1.29 is 9.13 Å². The zero-order valence-electron chi connectivity index (χ0n) is 11.9. The highest BCUT2D eigenvalue weighted by molar-refractivity contribution is 5.40. The van der Waals surface area contributed by atoms with Crippen LogP contribution < -0.4 is 10.1 Å². The zero-order chi connectivity index (χ0) is 14.2. The summed E-state index contributed by atoms with van der Waals surface area (Å²) in [5, 5.41) is 3.60. The summed E-state index contributed by atoms with van der Waals surface area (Å²) in [6.45, 7) is 1.64. The molecule has 1 atom stereocenters. The van der Waals surface area contributed by atoms with Gasteiger partial charge in [-0.15, -0.1) is 0 Å². The second kappa shape index (κ2) is 5.15. The van der Waals surface area contributed by atoms with Gasteiger partial charge in [-0.25, -0.2) is 4.39 Å². The first-order chi connectivity index (χ1) is 10.3. The standard InChI is InChI=1S/C18H18FNO/c19-15-3-4-16-13(10-15)2-5-17(16)20-11-12-1-6-18-14(9-12)7-8-21-18/h1,3-4,6,9-10,17,20H,2,5,7-8,11H2. The van der Waals surface area contributed by atoms with Crippen LogP contribution in [0, 0.1) is 5.82 Å². The van der Waals surface area contributed by atoms with Crippen LogP contribution >= 0.6 is 0 Å². The van der Waals surface area contributed by atoms with Crippen LogP contribution in [-0.4, -0.2) is 6.61 Å². The summed E-state index contributed by atoms with van der Waals surface area (Å²) < 4.78 is 18.8. The molecule has 2 aromatic carbocycles. The molecule has 1 unspecified atom stereocenters. The Kier molecular flexibility index (Phi) is 3.15. The van der Waals surface area contributed by atoms with Crippen LogP contribution in [0.2, 0.25) is 0 Å². The molecule has 1 N–H and O–H groups in total. The maximum Gasteiger partial charge on any atom is 0.123 e. The van der Waals surface area contributed by atoms with Crippen molar-refractivity contribution in [3.8, 4) is 5.75 Å². The molecule has 2 aromatic rings. The molecule has 3 heteroatoms. The molecule has 0 saturated heterocycles. The number of halogens is 1. The molecule has 0 saturated carbocycles. The molecule has 1 heterocycles. The van der Waals surface area contributed by atoms with E-state index in [9.17, 15) is 4.39 Å². The largest absolute Gasteiger partial charge is 0.493 e. The number of hydrogen-bond acceptors (Lipinski definition) is 2. The van der Waals surface area contributed by atoms with Crippen molar-refractivity contribution >= 4 is 0 Å². The quantitative estimate of drug-likeness (QED) is 0.930. The lowest BCUT2D eigenvalue weighted by molar-refractivity contribution is 0.357. The Hall–Kier alpha value is -1.87. The molecule has 0 amide bonds. The van der Waals surface area contributed by atoms with E-state index in [-0.39, 0.29) is 5.82 Å². The van der Waals surface area contributed by atoms with E-state index in [4.69, 9.17) is 4.74 Å². The lowest BCUT2D eigenvalue weighted by atomic mass is 10.1. The van der Waals surface area contributed by atoms with Gasteiger partial charge in [-0.3, -0.25) is 0 Å². The second-order valence-electron chi connectivity index (χ2n) is 5.86. The van der Waals surface area contributed by atoms with Gasteiger partial charge in [-0.2, -0.15) is 0 Å². The van der Waals surface area contributed by atoms with E-state index < -0.39 is 0 Å². The molecule has 0 spiro atoms. The molecule has 1 aliphatic heterocycles. The molecular formula is C18H18FNO. The minimum atomic E-state index is -0.131. The van der Waals surface area contributed by atoms with Gasteiger partial charge in [0.2, 0.25) is 0 Å². The van der Waals surface area contributed by atoms with E-state index in [1.54, 1.807) is 12.1 Å². The molecular weight excluding hydrogens is 265 g/mol. The average Bonchev–Trinajstić information content (AvgIpc) is 3.10. The molecule has 2 aliphatic rings. The summed E-state index contributed by atoms with van der Waals surface area (Å²) in [7, 11) is 0. The van der Waals surface area contributed by atoms with Crippen molar-refractivity contribution in [2.75, 3.05) is 6.61 Å². The van der Waals surface area contributed by atoms with Crippen LogP contribution in [0.3, 0.4) is 0 Å². The summed E-state index contributed by atoms with van der Waals surface area (Å²) in [4.78, 5) is 0. The summed E-state index contributed by atoms with van der Waals surface area (Å²) in [6, 6.07) is 11.9. The van der Waals surface area contributed by atoms with Crippen LogP contribution in [0.1, 0.15) is 34.7 Å². The van der Waals surface area contributed by atoms with Gasteiger partial charge in [0.15, 0.2) is 0 Å². The normalized spacial score (nSPS) is 19.2. The number of aryl methyl sites for hydroxylation is 1. The highest BCUT2D eigenvalue weighted by Gasteiger charge is 2.22. The molecule has 108 valence electrons. The van der Waals surface area contributed by atoms with Crippen LogP contribution in [0.5, 0.6) is 5.75 Å². The van der Waals surface area contributed by atoms with Crippen molar-refractivity contribution in [2.45, 2.75) is 31.8 Å². The van der Waals surface area contributed by atoms with Gasteiger partial charge < -0.3 is 10.1 Å². The number of nitrogens with one attached hydrogen (secondary N) is 1. The van der Waals surface area contributed by atoms with E-state index in [1.807, 2.05) is 6.07 Å². The number of hydrogen-bond donors (Lipinski definition) is 1. The maximum atomic E-state index is 13.2. The van der Waals surface area contributed by atoms with Crippen molar-refractivity contribution in [1.29, 1.82) is 0 Å². The fourth-order valence-corrected chi connectivity index (χ4v) is 3.39. The van der Waals surface area contributed by atoms with E-state index in [0.29, 0.717) is 6.04 Å². The Balaban J connectivity index is 1.46. The Morgan fingerprint density at radius 2 is 2.05 bits per heavy atom. The lowest BCUT2D eigenvalue weighted by Crippen LogP contribution is -2.18. The molecule has 0 bridgehead atoms. The fraction of sp³-hybridized carbons (Fsp3) is 0.333. The molecule has 21 heavy (non-hydrogen) atoms. The number of benzene rings is 2.